The van der Waals surface area contributed by atoms with Crippen LogP contribution in [0.25, 0.3) is 0 Å². The molecule has 0 amide bonds. The molecule has 1 aromatic rings. The third-order valence-corrected chi connectivity index (χ3v) is 2.12. The fourth-order valence-corrected chi connectivity index (χ4v) is 1.60. The maximum Gasteiger partial charge on any atom is 0.126 e. The molecule has 0 unspecified atom stereocenters. The second-order valence-corrected chi connectivity index (χ2v) is 3.02. The smallest absolute Gasteiger partial charge is 0.126 e. The van der Waals surface area contributed by atoms with Crippen molar-refractivity contribution >= 4 is 11.3 Å². The van der Waals surface area contributed by atoms with E-state index in [9.17, 15) is 0 Å². The van der Waals surface area contributed by atoms with Crippen LogP contribution in [0.2, 0.25) is 0 Å². The lowest BCUT2D eigenvalue weighted by atomic mass is 10.3. The van der Waals surface area contributed by atoms with Crippen LogP contribution in [0, 0.1) is 0 Å². The number of aromatic hydroxyl groups is 1. The summed E-state index contributed by atoms with van der Waals surface area (Å²) in [6.45, 7) is 2.14. The van der Waals surface area contributed by atoms with Crippen molar-refractivity contribution in [2.45, 2.75) is 19.8 Å². The van der Waals surface area contributed by atoms with Gasteiger partial charge in [0.2, 0.25) is 0 Å². The van der Waals surface area contributed by atoms with E-state index < -0.39 is 0 Å². The number of rotatable bonds is 2. The summed E-state index contributed by atoms with van der Waals surface area (Å²) in [4.78, 5) is 1.27. The van der Waals surface area contributed by atoms with Crippen LogP contribution in [-0.2, 0) is 6.42 Å². The van der Waals surface area contributed by atoms with E-state index in [1.807, 2.05) is 6.07 Å². The maximum absolute atomic E-state index is 8.89. The van der Waals surface area contributed by atoms with Crippen molar-refractivity contribution in [1.82, 2.24) is 0 Å². The third kappa shape index (κ3) is 1.72. The van der Waals surface area contributed by atoms with Crippen LogP contribution < -0.4 is 0 Å². The Hall–Kier alpha value is -0.500. The lowest BCUT2D eigenvalue weighted by molar-refractivity contribution is 0.477. The molecule has 0 saturated heterocycles. The molecular formula is C7H10OS. The van der Waals surface area contributed by atoms with Gasteiger partial charge in [-0.1, -0.05) is 13.3 Å². The van der Waals surface area contributed by atoms with Crippen molar-refractivity contribution in [3.8, 4) is 5.75 Å². The van der Waals surface area contributed by atoms with Crippen LogP contribution in [0.15, 0.2) is 11.4 Å². The molecule has 0 atom stereocenters. The Bertz CT molecular complexity index is 181. The van der Waals surface area contributed by atoms with Crippen molar-refractivity contribution in [2.75, 3.05) is 0 Å². The summed E-state index contributed by atoms with van der Waals surface area (Å²) in [5, 5.41) is 10.7. The number of hydrogen-bond donors (Lipinski definition) is 1. The molecule has 1 nitrogen and oxygen atoms in total. The van der Waals surface area contributed by atoms with E-state index in [0.29, 0.717) is 5.75 Å². The Morgan fingerprint density at radius 2 is 2.44 bits per heavy atom. The molecule has 0 bridgehead atoms. The largest absolute Gasteiger partial charge is 0.507 e. The number of hydrogen-bond acceptors (Lipinski definition) is 2. The molecule has 1 N–H and O–H groups in total. The Balaban J connectivity index is 2.61. The van der Waals surface area contributed by atoms with Gasteiger partial charge in [0.25, 0.3) is 0 Å². The molecule has 0 saturated carbocycles. The highest BCUT2D eigenvalue weighted by molar-refractivity contribution is 7.10. The zero-order chi connectivity index (χ0) is 6.69. The summed E-state index contributed by atoms with van der Waals surface area (Å²) in [6.07, 6.45) is 2.24. The first-order valence-corrected chi connectivity index (χ1v) is 3.97. The topological polar surface area (TPSA) is 20.2 Å². The fourth-order valence-electron chi connectivity index (χ4n) is 0.747. The van der Waals surface area contributed by atoms with Gasteiger partial charge < -0.3 is 5.11 Å². The molecule has 0 aliphatic carbocycles. The average molecular weight is 142 g/mol. The van der Waals surface area contributed by atoms with Gasteiger partial charge in [-0.3, -0.25) is 0 Å². The van der Waals surface area contributed by atoms with Gasteiger partial charge in [0.05, 0.1) is 0 Å². The molecule has 0 aliphatic heterocycles. The Kier molecular flexibility index (Phi) is 2.11. The van der Waals surface area contributed by atoms with Crippen molar-refractivity contribution in [2.24, 2.45) is 0 Å². The first-order valence-electron chi connectivity index (χ1n) is 3.09. The Morgan fingerprint density at radius 3 is 2.89 bits per heavy atom. The molecule has 0 aromatic carbocycles. The minimum absolute atomic E-state index is 0.406. The van der Waals surface area contributed by atoms with E-state index in [0.717, 1.165) is 12.8 Å². The summed E-state index contributed by atoms with van der Waals surface area (Å²) in [5.41, 5.74) is 0. The zero-order valence-corrected chi connectivity index (χ0v) is 6.24. The van der Waals surface area contributed by atoms with Gasteiger partial charge in [-0.2, -0.15) is 0 Å². The number of thiophene rings is 1. The second kappa shape index (κ2) is 2.87. The standard InChI is InChI=1S/C7H10OS/c1-2-3-7-4-6(8)5-9-7/h4-5,8H,2-3H2,1H3. The van der Waals surface area contributed by atoms with Crippen molar-refractivity contribution < 1.29 is 5.11 Å². The predicted molar refractivity (Wildman–Crippen MR) is 40.0 cm³/mol. The van der Waals surface area contributed by atoms with Gasteiger partial charge in [-0.15, -0.1) is 11.3 Å². The maximum atomic E-state index is 8.89. The minimum atomic E-state index is 0.406. The monoisotopic (exact) mass is 142 g/mol. The second-order valence-electron chi connectivity index (χ2n) is 2.02. The van der Waals surface area contributed by atoms with Crippen LogP contribution in [0.1, 0.15) is 18.2 Å². The third-order valence-electron chi connectivity index (χ3n) is 1.14. The Labute approximate surface area is 59.0 Å². The van der Waals surface area contributed by atoms with Gasteiger partial charge in [0, 0.05) is 10.3 Å². The summed E-state index contributed by atoms with van der Waals surface area (Å²) >= 11 is 1.62. The van der Waals surface area contributed by atoms with Gasteiger partial charge >= 0.3 is 0 Å². The molecule has 2 heteroatoms. The molecule has 1 rings (SSSR count). The highest BCUT2D eigenvalue weighted by atomic mass is 32.1. The fraction of sp³-hybridized carbons (Fsp3) is 0.429. The molecule has 0 spiro atoms. The quantitative estimate of drug-likeness (QED) is 0.672. The van der Waals surface area contributed by atoms with Gasteiger partial charge in [-0.25, -0.2) is 0 Å². The summed E-state index contributed by atoms with van der Waals surface area (Å²) in [6, 6.07) is 1.83. The van der Waals surface area contributed by atoms with Crippen LogP contribution in [0.4, 0.5) is 0 Å². The van der Waals surface area contributed by atoms with Crippen LogP contribution in [0.3, 0.4) is 0 Å². The average Bonchev–Trinajstić information content (AvgIpc) is 2.17. The highest BCUT2D eigenvalue weighted by Gasteiger charge is 1.94. The minimum Gasteiger partial charge on any atom is -0.507 e. The van der Waals surface area contributed by atoms with Crippen LogP contribution >= 0.6 is 11.3 Å². The lowest BCUT2D eigenvalue weighted by Crippen LogP contribution is -1.71. The molecule has 1 heterocycles. The van der Waals surface area contributed by atoms with Crippen LogP contribution in [0.5, 0.6) is 5.75 Å². The van der Waals surface area contributed by atoms with E-state index in [-0.39, 0.29) is 0 Å². The molecule has 0 radical (unpaired) electrons. The predicted octanol–water partition coefficient (Wildman–Crippen LogP) is 2.41. The van der Waals surface area contributed by atoms with E-state index in [1.165, 1.54) is 4.88 Å². The lowest BCUT2D eigenvalue weighted by Gasteiger charge is -1.86. The van der Waals surface area contributed by atoms with E-state index in [4.69, 9.17) is 5.11 Å². The van der Waals surface area contributed by atoms with E-state index in [1.54, 1.807) is 16.7 Å². The molecule has 0 aliphatic rings. The molecule has 9 heavy (non-hydrogen) atoms. The van der Waals surface area contributed by atoms with Crippen LogP contribution in [-0.4, -0.2) is 5.11 Å². The first kappa shape index (κ1) is 6.62. The number of aryl methyl sites for hydroxylation is 1. The molecule has 1 aromatic heterocycles. The van der Waals surface area contributed by atoms with E-state index in [2.05, 4.69) is 6.92 Å². The summed E-state index contributed by atoms with van der Waals surface area (Å²) in [5.74, 6) is 0.406. The normalized spacial score (nSPS) is 9.89. The highest BCUT2D eigenvalue weighted by Crippen LogP contribution is 2.20. The summed E-state index contributed by atoms with van der Waals surface area (Å²) < 4.78 is 0. The van der Waals surface area contributed by atoms with Gasteiger partial charge in [0.1, 0.15) is 5.75 Å². The van der Waals surface area contributed by atoms with Gasteiger partial charge in [-0.05, 0) is 12.5 Å². The molecule has 50 valence electrons. The van der Waals surface area contributed by atoms with Gasteiger partial charge in [0.15, 0.2) is 0 Å². The summed E-state index contributed by atoms with van der Waals surface area (Å²) in [7, 11) is 0. The SMILES string of the molecule is CCCc1cc(O)cs1. The van der Waals surface area contributed by atoms with Crippen molar-refractivity contribution in [1.29, 1.82) is 0 Å². The molecular weight excluding hydrogens is 132 g/mol. The Morgan fingerprint density at radius 1 is 1.67 bits per heavy atom. The zero-order valence-electron chi connectivity index (χ0n) is 5.42. The first-order chi connectivity index (χ1) is 4.33. The molecule has 0 fully saturated rings. The van der Waals surface area contributed by atoms with Crippen molar-refractivity contribution in [3.63, 3.8) is 0 Å². The van der Waals surface area contributed by atoms with Crippen molar-refractivity contribution in [3.05, 3.63) is 16.3 Å². The van der Waals surface area contributed by atoms with E-state index >= 15 is 0 Å².